The molecule has 2 amide bonds. The third kappa shape index (κ3) is 6.76. The normalized spacial score (nSPS) is 21.5. The summed E-state index contributed by atoms with van der Waals surface area (Å²) in [5.41, 5.74) is -1.15. The Hall–Kier alpha value is -1.97. The minimum absolute atomic E-state index is 0.139. The lowest BCUT2D eigenvalue weighted by molar-refractivity contribution is 0.0286. The van der Waals surface area contributed by atoms with E-state index >= 15 is 0 Å². The van der Waals surface area contributed by atoms with Crippen molar-refractivity contribution in [3.05, 3.63) is 0 Å². The molecule has 130 valence electrons. The Labute approximate surface area is 137 Å². The number of carbonyl (C=O) groups excluding carboxylic acids is 2. The summed E-state index contributed by atoms with van der Waals surface area (Å²) in [4.78, 5) is 25.3. The van der Waals surface area contributed by atoms with Crippen molar-refractivity contribution in [2.75, 3.05) is 19.6 Å². The molecule has 23 heavy (non-hydrogen) atoms. The van der Waals surface area contributed by atoms with E-state index in [0.29, 0.717) is 13.1 Å². The molecule has 1 aliphatic heterocycles. The van der Waals surface area contributed by atoms with Gasteiger partial charge in [-0.05, 0) is 41.5 Å². The molecular weight excluding hydrogens is 298 g/mol. The van der Waals surface area contributed by atoms with Crippen LogP contribution in [-0.4, -0.2) is 47.9 Å². The molecule has 0 unspecified atom stereocenters. The predicted octanol–water partition coefficient (Wildman–Crippen LogP) is 2.52. The number of amides is 2. The quantitative estimate of drug-likeness (QED) is 0.842. The molecule has 0 aromatic rings. The number of nitriles is 1. The Bertz CT molecular complexity index is 485. The minimum atomic E-state index is -0.577. The van der Waals surface area contributed by atoms with Crippen LogP contribution in [0.25, 0.3) is 0 Å². The number of likely N-dealkylation sites (tertiary alicyclic amines) is 1. The second-order valence-corrected chi connectivity index (χ2v) is 7.76. The van der Waals surface area contributed by atoms with Gasteiger partial charge in [-0.15, -0.1) is 0 Å². The molecule has 0 aromatic carbocycles. The summed E-state index contributed by atoms with van der Waals surface area (Å²) in [6, 6.07) is 2.19. The Kier molecular flexibility index (Phi) is 5.86. The van der Waals surface area contributed by atoms with Gasteiger partial charge >= 0.3 is 12.2 Å². The first-order valence-corrected chi connectivity index (χ1v) is 7.75. The molecule has 1 saturated heterocycles. The molecule has 7 heteroatoms. The second-order valence-electron chi connectivity index (χ2n) is 7.76. The summed E-state index contributed by atoms with van der Waals surface area (Å²) in [6.45, 7) is 11.7. The monoisotopic (exact) mass is 325 g/mol. The van der Waals surface area contributed by atoms with Gasteiger partial charge in [0.05, 0.1) is 12.0 Å². The lowest BCUT2D eigenvalue weighted by Gasteiger charge is -2.24. The molecule has 2 atom stereocenters. The first-order chi connectivity index (χ1) is 10.4. The van der Waals surface area contributed by atoms with Gasteiger partial charge in [0.15, 0.2) is 0 Å². The van der Waals surface area contributed by atoms with Crippen LogP contribution in [-0.2, 0) is 9.47 Å². The molecular formula is C16H27N3O4. The number of rotatable bonds is 2. The Balaban J connectivity index is 2.55. The molecule has 1 fully saturated rings. The molecule has 7 nitrogen and oxygen atoms in total. The summed E-state index contributed by atoms with van der Waals surface area (Å²) in [5.74, 6) is -0.475. The van der Waals surface area contributed by atoms with Crippen LogP contribution < -0.4 is 5.32 Å². The number of alkyl carbamates (subject to hydrolysis) is 1. The predicted molar refractivity (Wildman–Crippen MR) is 84.6 cm³/mol. The number of hydrogen-bond acceptors (Lipinski definition) is 5. The Morgan fingerprint density at radius 1 is 1.13 bits per heavy atom. The van der Waals surface area contributed by atoms with E-state index in [4.69, 9.17) is 9.47 Å². The molecule has 0 aliphatic carbocycles. The SMILES string of the molecule is CC(C)(C)OC(=O)NC[C@@H]1CN(C(=O)OC(C)(C)C)C[C@H]1C#N. The van der Waals surface area contributed by atoms with Crippen molar-refractivity contribution >= 4 is 12.2 Å². The fraction of sp³-hybridized carbons (Fsp3) is 0.812. The first-order valence-electron chi connectivity index (χ1n) is 7.75. The summed E-state index contributed by atoms with van der Waals surface area (Å²) in [7, 11) is 0. The lowest BCUT2D eigenvalue weighted by atomic mass is 9.98. The fourth-order valence-electron chi connectivity index (χ4n) is 2.23. The molecule has 1 N–H and O–H groups in total. The van der Waals surface area contributed by atoms with Crippen molar-refractivity contribution in [3.8, 4) is 6.07 Å². The van der Waals surface area contributed by atoms with E-state index in [2.05, 4.69) is 11.4 Å². The topological polar surface area (TPSA) is 91.7 Å². The van der Waals surface area contributed by atoms with Crippen molar-refractivity contribution in [2.24, 2.45) is 11.8 Å². The van der Waals surface area contributed by atoms with Gasteiger partial charge in [-0.3, -0.25) is 0 Å². The highest BCUT2D eigenvalue weighted by atomic mass is 16.6. The van der Waals surface area contributed by atoms with Gasteiger partial charge in [0.25, 0.3) is 0 Å². The maximum atomic E-state index is 12.1. The van der Waals surface area contributed by atoms with Crippen LogP contribution in [0.15, 0.2) is 0 Å². The summed E-state index contributed by atoms with van der Waals surface area (Å²) in [5, 5.41) is 11.9. The van der Waals surface area contributed by atoms with Gasteiger partial charge in [-0.2, -0.15) is 5.26 Å². The van der Waals surface area contributed by atoms with E-state index in [1.54, 1.807) is 41.5 Å². The standard InChI is InChI=1S/C16H27N3O4/c1-15(2,3)22-13(20)18-8-12-10-19(9-11(12)7-17)14(21)23-16(4,5)6/h11-12H,8-10H2,1-6H3,(H,18,20)/t11-,12-/m1/s1. The van der Waals surface area contributed by atoms with Crippen molar-refractivity contribution in [3.63, 3.8) is 0 Å². The summed E-state index contributed by atoms with van der Waals surface area (Å²) >= 11 is 0. The van der Waals surface area contributed by atoms with E-state index in [1.165, 1.54) is 4.90 Å². The zero-order valence-electron chi connectivity index (χ0n) is 14.8. The largest absolute Gasteiger partial charge is 0.444 e. The van der Waals surface area contributed by atoms with Crippen LogP contribution in [0.2, 0.25) is 0 Å². The van der Waals surface area contributed by atoms with Crippen molar-refractivity contribution < 1.29 is 19.1 Å². The van der Waals surface area contributed by atoms with Gasteiger partial charge in [0, 0.05) is 25.6 Å². The van der Waals surface area contributed by atoms with Crippen LogP contribution in [0.5, 0.6) is 0 Å². The molecule has 0 bridgehead atoms. The Morgan fingerprint density at radius 3 is 2.17 bits per heavy atom. The van der Waals surface area contributed by atoms with Gasteiger partial charge in [-0.1, -0.05) is 0 Å². The number of nitrogens with zero attached hydrogens (tertiary/aromatic N) is 2. The number of ether oxygens (including phenoxy) is 2. The van der Waals surface area contributed by atoms with Crippen molar-refractivity contribution in [1.29, 1.82) is 5.26 Å². The molecule has 1 aliphatic rings. The van der Waals surface area contributed by atoms with E-state index in [-0.39, 0.29) is 18.4 Å². The first kappa shape index (κ1) is 19.1. The van der Waals surface area contributed by atoms with Crippen LogP contribution in [0.1, 0.15) is 41.5 Å². The van der Waals surface area contributed by atoms with Crippen molar-refractivity contribution in [2.45, 2.75) is 52.7 Å². The zero-order valence-corrected chi connectivity index (χ0v) is 14.8. The van der Waals surface area contributed by atoms with Crippen LogP contribution in [0.3, 0.4) is 0 Å². The highest BCUT2D eigenvalue weighted by Crippen LogP contribution is 2.24. The molecule has 0 aromatic heterocycles. The van der Waals surface area contributed by atoms with E-state index in [1.807, 2.05) is 0 Å². The van der Waals surface area contributed by atoms with Gasteiger partial charge in [0.2, 0.25) is 0 Å². The van der Waals surface area contributed by atoms with E-state index < -0.39 is 23.4 Å². The average molecular weight is 325 g/mol. The smallest absolute Gasteiger partial charge is 0.410 e. The average Bonchev–Trinajstić information content (AvgIpc) is 2.75. The molecule has 0 saturated carbocycles. The lowest BCUT2D eigenvalue weighted by Crippen LogP contribution is -2.38. The highest BCUT2D eigenvalue weighted by Gasteiger charge is 2.37. The number of hydrogen-bond donors (Lipinski definition) is 1. The summed E-state index contributed by atoms with van der Waals surface area (Å²) in [6.07, 6.45) is -0.956. The third-order valence-electron chi connectivity index (χ3n) is 3.17. The van der Waals surface area contributed by atoms with Gasteiger partial charge in [-0.25, -0.2) is 9.59 Å². The van der Waals surface area contributed by atoms with Crippen molar-refractivity contribution in [1.82, 2.24) is 10.2 Å². The maximum absolute atomic E-state index is 12.1. The fourth-order valence-corrected chi connectivity index (χ4v) is 2.23. The van der Waals surface area contributed by atoms with Crippen LogP contribution >= 0.6 is 0 Å². The zero-order chi connectivity index (χ0) is 17.8. The maximum Gasteiger partial charge on any atom is 0.410 e. The third-order valence-corrected chi connectivity index (χ3v) is 3.17. The molecule has 1 heterocycles. The Morgan fingerprint density at radius 2 is 1.70 bits per heavy atom. The summed E-state index contributed by atoms with van der Waals surface area (Å²) < 4.78 is 10.5. The highest BCUT2D eigenvalue weighted by molar-refractivity contribution is 5.69. The second kappa shape index (κ2) is 7.07. The number of nitrogens with one attached hydrogen (secondary N) is 1. The van der Waals surface area contributed by atoms with Crippen LogP contribution in [0, 0.1) is 23.2 Å². The molecule has 0 radical (unpaired) electrons. The number of carbonyl (C=O) groups is 2. The van der Waals surface area contributed by atoms with Gasteiger partial charge in [0.1, 0.15) is 11.2 Å². The van der Waals surface area contributed by atoms with E-state index in [9.17, 15) is 14.9 Å². The van der Waals surface area contributed by atoms with Crippen LogP contribution in [0.4, 0.5) is 9.59 Å². The van der Waals surface area contributed by atoms with E-state index in [0.717, 1.165) is 0 Å². The molecule has 1 rings (SSSR count). The minimum Gasteiger partial charge on any atom is -0.444 e. The molecule has 0 spiro atoms. The van der Waals surface area contributed by atoms with Gasteiger partial charge < -0.3 is 19.7 Å².